The maximum absolute atomic E-state index is 12.0. The molecule has 1 aromatic heterocycles. The smallest absolute Gasteiger partial charge is 0.212 e. The van der Waals surface area contributed by atoms with Gasteiger partial charge in [-0.3, -0.25) is 4.79 Å². The molecule has 0 radical (unpaired) electrons. The Hall–Kier alpha value is -1.85. The quantitative estimate of drug-likeness (QED) is 0.686. The molecule has 6 heteroatoms. The molecule has 0 unspecified atom stereocenters. The van der Waals surface area contributed by atoms with Gasteiger partial charge in [0.1, 0.15) is 16.4 Å². The van der Waals surface area contributed by atoms with Crippen molar-refractivity contribution in [3.63, 3.8) is 0 Å². The average Bonchev–Trinajstić information content (AvgIpc) is 2.39. The van der Waals surface area contributed by atoms with Crippen molar-refractivity contribution in [1.82, 2.24) is 9.97 Å². The van der Waals surface area contributed by atoms with Crippen molar-refractivity contribution >= 4 is 34.6 Å². The highest BCUT2D eigenvalue weighted by Gasteiger charge is 2.11. The van der Waals surface area contributed by atoms with E-state index in [-0.39, 0.29) is 16.5 Å². The van der Waals surface area contributed by atoms with Crippen LogP contribution >= 0.6 is 23.8 Å². The second-order valence-corrected chi connectivity index (χ2v) is 4.36. The second-order valence-electron chi connectivity index (χ2n) is 3.49. The van der Waals surface area contributed by atoms with Gasteiger partial charge in [0.05, 0.1) is 12.4 Å². The first-order chi connectivity index (χ1) is 8.58. The zero-order valence-electron chi connectivity index (χ0n) is 9.13. The number of ketones is 1. The highest BCUT2D eigenvalue weighted by molar-refractivity contribution is 7.80. The molecular weight excluding hydrogens is 270 g/mol. The van der Waals surface area contributed by atoms with Crippen molar-refractivity contribution in [1.29, 1.82) is 0 Å². The molecule has 2 N–H and O–H groups in total. The van der Waals surface area contributed by atoms with Crippen LogP contribution in [0.4, 0.5) is 0 Å². The minimum atomic E-state index is -0.228. The number of halogens is 1. The van der Waals surface area contributed by atoms with Crippen LogP contribution in [0, 0.1) is 0 Å². The molecule has 0 fully saturated rings. The second kappa shape index (κ2) is 5.20. The van der Waals surface area contributed by atoms with E-state index >= 15 is 0 Å². The number of rotatable bonds is 3. The summed E-state index contributed by atoms with van der Waals surface area (Å²) in [4.78, 5) is 20.1. The summed E-state index contributed by atoms with van der Waals surface area (Å²) in [5.41, 5.74) is 6.51. The van der Waals surface area contributed by atoms with Gasteiger partial charge in [-0.1, -0.05) is 23.8 Å². The fourth-order valence-corrected chi connectivity index (χ4v) is 1.55. The molecule has 4 nitrogen and oxygen atoms in total. The third-order valence-corrected chi connectivity index (χ3v) is 2.70. The van der Waals surface area contributed by atoms with Gasteiger partial charge in [0.15, 0.2) is 0 Å². The zero-order valence-corrected chi connectivity index (χ0v) is 10.7. The number of hydrogen-bond acceptors (Lipinski definition) is 4. The molecule has 1 heterocycles. The molecule has 2 aromatic rings. The molecule has 2 rings (SSSR count). The van der Waals surface area contributed by atoms with E-state index in [1.807, 2.05) is 0 Å². The molecule has 0 amide bonds. The molecular formula is C12H8ClN3OS. The lowest BCUT2D eigenvalue weighted by Crippen LogP contribution is -2.13. The van der Waals surface area contributed by atoms with Crippen LogP contribution in [0.1, 0.15) is 21.7 Å². The fraction of sp³-hybridized carbons (Fsp3) is 0. The Balaban J connectivity index is 2.28. The van der Waals surface area contributed by atoms with Gasteiger partial charge < -0.3 is 5.73 Å². The third kappa shape index (κ3) is 2.69. The van der Waals surface area contributed by atoms with Crippen LogP contribution < -0.4 is 5.73 Å². The number of nitrogens with two attached hydrogens (primary N) is 1. The molecule has 0 aliphatic rings. The van der Waals surface area contributed by atoms with Crippen molar-refractivity contribution in [2.24, 2.45) is 5.73 Å². The maximum atomic E-state index is 12.0. The van der Waals surface area contributed by atoms with Gasteiger partial charge in [0, 0.05) is 10.6 Å². The Morgan fingerprint density at radius 3 is 2.17 bits per heavy atom. The van der Waals surface area contributed by atoms with Gasteiger partial charge >= 0.3 is 0 Å². The number of nitrogens with zero attached hydrogens (tertiary/aromatic N) is 2. The summed E-state index contributed by atoms with van der Waals surface area (Å²) in [6.07, 6.45) is 2.73. The highest BCUT2D eigenvalue weighted by Crippen LogP contribution is 2.12. The minimum absolute atomic E-state index is 0.146. The SMILES string of the molecule is NC(=S)c1cnc(C(=O)c2ccc(Cl)cc2)cn1. The number of carbonyl (C=O) groups excluding carboxylic acids is 1. The van der Waals surface area contributed by atoms with Gasteiger partial charge in [0.2, 0.25) is 5.78 Å². The average molecular weight is 278 g/mol. The molecule has 18 heavy (non-hydrogen) atoms. The monoisotopic (exact) mass is 277 g/mol. The number of thiocarbonyl (C=S) groups is 1. The van der Waals surface area contributed by atoms with Gasteiger partial charge in [-0.15, -0.1) is 0 Å². The zero-order chi connectivity index (χ0) is 13.1. The summed E-state index contributed by atoms with van der Waals surface area (Å²) in [6.45, 7) is 0. The summed E-state index contributed by atoms with van der Waals surface area (Å²) in [5, 5.41) is 0.571. The van der Waals surface area contributed by atoms with E-state index in [2.05, 4.69) is 9.97 Å². The van der Waals surface area contributed by atoms with E-state index in [1.54, 1.807) is 24.3 Å². The Morgan fingerprint density at radius 1 is 1.11 bits per heavy atom. The first-order valence-corrected chi connectivity index (χ1v) is 5.78. The van der Waals surface area contributed by atoms with E-state index in [1.165, 1.54) is 12.4 Å². The van der Waals surface area contributed by atoms with Gasteiger partial charge in [0.25, 0.3) is 0 Å². The topological polar surface area (TPSA) is 68.9 Å². The van der Waals surface area contributed by atoms with Crippen LogP contribution in [-0.2, 0) is 0 Å². The molecule has 0 aliphatic carbocycles. The number of aromatic nitrogens is 2. The van der Waals surface area contributed by atoms with E-state index in [4.69, 9.17) is 29.6 Å². The molecule has 90 valence electrons. The molecule has 0 atom stereocenters. The van der Waals surface area contributed by atoms with E-state index < -0.39 is 0 Å². The fourth-order valence-electron chi connectivity index (χ4n) is 1.32. The Labute approximate surface area is 114 Å². The third-order valence-electron chi connectivity index (χ3n) is 2.24. The van der Waals surface area contributed by atoms with E-state index in [0.29, 0.717) is 16.3 Å². The summed E-state index contributed by atoms with van der Waals surface area (Å²) in [5.74, 6) is -0.228. The molecule has 0 bridgehead atoms. The lowest BCUT2D eigenvalue weighted by molar-refractivity contribution is 0.103. The van der Waals surface area contributed by atoms with Crippen LogP contribution in [0.25, 0.3) is 0 Å². The molecule has 0 spiro atoms. The first kappa shape index (κ1) is 12.6. The molecule has 0 aliphatic heterocycles. The summed E-state index contributed by atoms with van der Waals surface area (Å²) >= 11 is 10.5. The lowest BCUT2D eigenvalue weighted by atomic mass is 10.1. The van der Waals surface area contributed by atoms with Gasteiger partial charge in [-0.2, -0.15) is 0 Å². The molecule has 0 saturated carbocycles. The van der Waals surface area contributed by atoms with Crippen molar-refractivity contribution in [3.8, 4) is 0 Å². The molecule has 0 saturated heterocycles. The number of carbonyl (C=O) groups is 1. The van der Waals surface area contributed by atoms with Crippen LogP contribution in [0.3, 0.4) is 0 Å². The highest BCUT2D eigenvalue weighted by atomic mass is 35.5. The number of benzene rings is 1. The van der Waals surface area contributed by atoms with Crippen LogP contribution in [0.2, 0.25) is 5.02 Å². The van der Waals surface area contributed by atoms with Gasteiger partial charge in [-0.05, 0) is 24.3 Å². The summed E-state index contributed by atoms with van der Waals surface area (Å²) in [7, 11) is 0. The van der Waals surface area contributed by atoms with Crippen molar-refractivity contribution in [2.75, 3.05) is 0 Å². The number of hydrogen-bond donors (Lipinski definition) is 1. The first-order valence-electron chi connectivity index (χ1n) is 5.00. The maximum Gasteiger partial charge on any atom is 0.212 e. The van der Waals surface area contributed by atoms with Gasteiger partial charge in [-0.25, -0.2) is 9.97 Å². The predicted octanol–water partition coefficient (Wildman–Crippen LogP) is 2.00. The normalized spacial score (nSPS) is 10.1. The largest absolute Gasteiger partial charge is 0.388 e. The Morgan fingerprint density at radius 2 is 1.67 bits per heavy atom. The van der Waals surface area contributed by atoms with Crippen molar-refractivity contribution < 1.29 is 4.79 Å². The minimum Gasteiger partial charge on any atom is -0.388 e. The Bertz CT molecular complexity index is 596. The summed E-state index contributed by atoms with van der Waals surface area (Å²) in [6, 6.07) is 6.55. The van der Waals surface area contributed by atoms with Crippen LogP contribution in [-0.4, -0.2) is 20.7 Å². The predicted molar refractivity (Wildman–Crippen MR) is 72.8 cm³/mol. The van der Waals surface area contributed by atoms with E-state index in [0.717, 1.165) is 0 Å². The Kier molecular flexibility index (Phi) is 3.64. The van der Waals surface area contributed by atoms with E-state index in [9.17, 15) is 4.79 Å². The van der Waals surface area contributed by atoms with Crippen molar-refractivity contribution in [3.05, 3.63) is 58.6 Å². The molecule has 1 aromatic carbocycles. The van der Waals surface area contributed by atoms with Crippen molar-refractivity contribution in [2.45, 2.75) is 0 Å². The van der Waals surface area contributed by atoms with Crippen LogP contribution in [0.5, 0.6) is 0 Å². The standard InChI is InChI=1S/C12H8ClN3OS/c13-8-3-1-7(2-4-8)11(17)9-5-16-10(6-15-9)12(14)18/h1-6H,(H2,14,18). The lowest BCUT2D eigenvalue weighted by Gasteiger charge is -2.01. The summed E-state index contributed by atoms with van der Waals surface area (Å²) < 4.78 is 0. The van der Waals surface area contributed by atoms with Crippen LogP contribution in [0.15, 0.2) is 36.7 Å².